The lowest BCUT2D eigenvalue weighted by Gasteiger charge is -2.43. The summed E-state index contributed by atoms with van der Waals surface area (Å²) in [5.41, 5.74) is 0.364. The maximum Gasteiger partial charge on any atom is 0.0156 e. The predicted octanol–water partition coefficient (Wildman–Crippen LogP) is 4.89. The Morgan fingerprint density at radius 3 is 2.17 bits per heavy atom. The van der Waals surface area contributed by atoms with Gasteiger partial charge in [0, 0.05) is 24.7 Å². The highest BCUT2D eigenvalue weighted by Crippen LogP contribution is 2.36. The van der Waals surface area contributed by atoms with E-state index in [1.54, 1.807) is 0 Å². The third-order valence-corrected chi connectivity index (χ3v) is 6.87. The summed E-state index contributed by atoms with van der Waals surface area (Å²) in [6.45, 7) is 22.3. The van der Waals surface area contributed by atoms with Crippen molar-refractivity contribution in [2.24, 2.45) is 23.7 Å². The zero-order valence-electron chi connectivity index (χ0n) is 16.9. The van der Waals surface area contributed by atoms with Gasteiger partial charge in [-0.2, -0.15) is 0 Å². The van der Waals surface area contributed by atoms with Gasteiger partial charge in [0.15, 0.2) is 0 Å². The van der Waals surface area contributed by atoms with E-state index in [9.17, 15) is 0 Å². The van der Waals surface area contributed by atoms with Crippen LogP contribution in [0.1, 0.15) is 74.1 Å². The van der Waals surface area contributed by atoms with Crippen LogP contribution in [0.4, 0.5) is 0 Å². The van der Waals surface area contributed by atoms with Crippen LogP contribution in [-0.2, 0) is 0 Å². The fourth-order valence-electron chi connectivity index (χ4n) is 4.94. The molecule has 2 heterocycles. The average molecular weight is 323 g/mol. The van der Waals surface area contributed by atoms with Gasteiger partial charge in [-0.15, -0.1) is 0 Å². The molecule has 0 bridgehead atoms. The predicted molar refractivity (Wildman–Crippen MR) is 102 cm³/mol. The van der Waals surface area contributed by atoms with Gasteiger partial charge in [0.05, 0.1) is 0 Å². The maximum atomic E-state index is 2.79. The Morgan fingerprint density at radius 2 is 1.61 bits per heavy atom. The van der Waals surface area contributed by atoms with E-state index in [0.29, 0.717) is 11.6 Å². The van der Waals surface area contributed by atoms with Crippen LogP contribution in [0.2, 0.25) is 0 Å². The van der Waals surface area contributed by atoms with Crippen LogP contribution in [0.5, 0.6) is 0 Å². The fourth-order valence-corrected chi connectivity index (χ4v) is 4.94. The summed E-state index contributed by atoms with van der Waals surface area (Å²) in [5.74, 6) is 3.49. The SMILES string of the molecule is CC(C)C1CCN(C(C)(C)CC(C)C2CCCN(C(C)C)C2)C1. The second kappa shape index (κ2) is 7.87. The first-order chi connectivity index (χ1) is 10.7. The summed E-state index contributed by atoms with van der Waals surface area (Å²) < 4.78 is 0. The Hall–Kier alpha value is -0.0800. The van der Waals surface area contributed by atoms with Gasteiger partial charge >= 0.3 is 0 Å². The van der Waals surface area contributed by atoms with Gasteiger partial charge in [-0.05, 0) is 90.1 Å². The number of rotatable bonds is 6. The Kier molecular flexibility index (Phi) is 6.58. The number of piperidine rings is 1. The van der Waals surface area contributed by atoms with Gasteiger partial charge in [-0.1, -0.05) is 20.8 Å². The molecule has 0 saturated carbocycles. The molecule has 0 amide bonds. The fraction of sp³-hybridized carbons (Fsp3) is 1.00. The van der Waals surface area contributed by atoms with Crippen molar-refractivity contribution in [1.82, 2.24) is 9.80 Å². The van der Waals surface area contributed by atoms with E-state index in [4.69, 9.17) is 0 Å². The molecule has 0 aromatic carbocycles. The van der Waals surface area contributed by atoms with E-state index in [-0.39, 0.29) is 0 Å². The quantitative estimate of drug-likeness (QED) is 0.687. The number of likely N-dealkylation sites (tertiary alicyclic amines) is 2. The molecule has 2 aliphatic heterocycles. The zero-order chi connectivity index (χ0) is 17.2. The molecule has 3 unspecified atom stereocenters. The Morgan fingerprint density at radius 1 is 0.913 bits per heavy atom. The zero-order valence-corrected chi connectivity index (χ0v) is 16.9. The molecule has 2 nitrogen and oxygen atoms in total. The lowest BCUT2D eigenvalue weighted by atomic mass is 9.78. The van der Waals surface area contributed by atoms with Crippen LogP contribution < -0.4 is 0 Å². The lowest BCUT2D eigenvalue weighted by molar-refractivity contribution is 0.0677. The standard InChI is InChI=1S/C21H42N2/c1-16(2)19-10-12-23(15-19)21(6,7)13-18(5)20-9-8-11-22(14-20)17(3)4/h16-20H,8-15H2,1-7H3. The van der Waals surface area contributed by atoms with E-state index in [1.807, 2.05) is 0 Å². The first-order valence-electron chi connectivity index (χ1n) is 10.2. The number of nitrogens with zero attached hydrogens (tertiary/aromatic N) is 2. The third kappa shape index (κ3) is 4.95. The van der Waals surface area contributed by atoms with Crippen molar-refractivity contribution in [3.8, 4) is 0 Å². The monoisotopic (exact) mass is 322 g/mol. The molecule has 2 aliphatic rings. The molecule has 0 radical (unpaired) electrons. The van der Waals surface area contributed by atoms with Crippen LogP contribution in [0.25, 0.3) is 0 Å². The molecule has 23 heavy (non-hydrogen) atoms. The summed E-state index contributed by atoms with van der Waals surface area (Å²) >= 11 is 0. The minimum Gasteiger partial charge on any atom is -0.301 e. The minimum atomic E-state index is 0.364. The first kappa shape index (κ1) is 19.2. The summed E-state index contributed by atoms with van der Waals surface area (Å²) in [6.07, 6.45) is 5.59. The molecule has 0 aromatic rings. The van der Waals surface area contributed by atoms with E-state index >= 15 is 0 Å². The number of hydrogen-bond donors (Lipinski definition) is 0. The maximum absolute atomic E-state index is 2.79. The van der Waals surface area contributed by atoms with Crippen LogP contribution >= 0.6 is 0 Å². The molecule has 0 spiro atoms. The van der Waals surface area contributed by atoms with Crippen molar-refractivity contribution < 1.29 is 0 Å². The summed E-state index contributed by atoms with van der Waals surface area (Å²) in [6, 6.07) is 0.711. The van der Waals surface area contributed by atoms with Gasteiger partial charge in [-0.25, -0.2) is 0 Å². The second-order valence-electron chi connectivity index (χ2n) is 9.72. The third-order valence-electron chi connectivity index (χ3n) is 6.87. The molecule has 3 atom stereocenters. The molecule has 2 fully saturated rings. The van der Waals surface area contributed by atoms with Crippen LogP contribution in [0, 0.1) is 23.7 Å². The highest BCUT2D eigenvalue weighted by molar-refractivity contribution is 4.91. The van der Waals surface area contributed by atoms with Crippen molar-refractivity contribution in [2.75, 3.05) is 26.2 Å². The van der Waals surface area contributed by atoms with Gasteiger partial charge < -0.3 is 4.90 Å². The topological polar surface area (TPSA) is 6.48 Å². The first-order valence-corrected chi connectivity index (χ1v) is 10.2. The summed E-state index contributed by atoms with van der Waals surface area (Å²) in [4.78, 5) is 5.49. The van der Waals surface area contributed by atoms with E-state index in [0.717, 1.165) is 23.7 Å². The lowest BCUT2D eigenvalue weighted by Crippen LogP contribution is -2.47. The molecule has 0 aromatic heterocycles. The normalized spacial score (nSPS) is 29.6. The molecule has 2 rings (SSSR count). The average Bonchev–Trinajstić information content (AvgIpc) is 2.98. The molecule has 0 aliphatic carbocycles. The minimum absolute atomic E-state index is 0.364. The van der Waals surface area contributed by atoms with Crippen molar-refractivity contribution in [3.63, 3.8) is 0 Å². The largest absolute Gasteiger partial charge is 0.301 e. The summed E-state index contributed by atoms with van der Waals surface area (Å²) in [5, 5.41) is 0. The second-order valence-corrected chi connectivity index (χ2v) is 9.72. The Labute approximate surface area is 146 Å². The molecule has 136 valence electrons. The molecule has 0 N–H and O–H groups in total. The van der Waals surface area contributed by atoms with Gasteiger partial charge in [0.25, 0.3) is 0 Å². The summed E-state index contributed by atoms with van der Waals surface area (Å²) in [7, 11) is 0. The van der Waals surface area contributed by atoms with Crippen LogP contribution in [0.15, 0.2) is 0 Å². The van der Waals surface area contributed by atoms with Gasteiger partial charge in [0.1, 0.15) is 0 Å². The van der Waals surface area contributed by atoms with Crippen LogP contribution in [0.3, 0.4) is 0 Å². The van der Waals surface area contributed by atoms with Crippen molar-refractivity contribution in [1.29, 1.82) is 0 Å². The van der Waals surface area contributed by atoms with Crippen molar-refractivity contribution >= 4 is 0 Å². The van der Waals surface area contributed by atoms with E-state index in [2.05, 4.69) is 58.3 Å². The van der Waals surface area contributed by atoms with Crippen molar-refractivity contribution in [2.45, 2.75) is 85.7 Å². The van der Waals surface area contributed by atoms with E-state index in [1.165, 1.54) is 51.9 Å². The highest BCUT2D eigenvalue weighted by Gasteiger charge is 2.37. The number of hydrogen-bond acceptors (Lipinski definition) is 2. The smallest absolute Gasteiger partial charge is 0.0156 e. The highest BCUT2D eigenvalue weighted by atomic mass is 15.2. The van der Waals surface area contributed by atoms with Gasteiger partial charge in [0.2, 0.25) is 0 Å². The van der Waals surface area contributed by atoms with E-state index < -0.39 is 0 Å². The van der Waals surface area contributed by atoms with Crippen LogP contribution in [-0.4, -0.2) is 47.6 Å². The van der Waals surface area contributed by atoms with Crippen molar-refractivity contribution in [3.05, 3.63) is 0 Å². The molecular weight excluding hydrogens is 280 g/mol. The molecule has 2 saturated heterocycles. The Bertz CT molecular complexity index is 361. The Balaban J connectivity index is 1.89. The molecule has 2 heteroatoms. The molecular formula is C21H42N2. The van der Waals surface area contributed by atoms with Gasteiger partial charge in [-0.3, -0.25) is 4.90 Å².